The van der Waals surface area contributed by atoms with Gasteiger partial charge in [0.15, 0.2) is 5.78 Å². The van der Waals surface area contributed by atoms with E-state index in [1.807, 2.05) is 32.0 Å². The van der Waals surface area contributed by atoms with Crippen molar-refractivity contribution < 1.29 is 18.3 Å². The minimum absolute atomic E-state index is 0.00239. The Morgan fingerprint density at radius 1 is 1.15 bits per heavy atom. The summed E-state index contributed by atoms with van der Waals surface area (Å²) in [6.07, 6.45) is 1.60. The quantitative estimate of drug-likeness (QED) is 0.546. The van der Waals surface area contributed by atoms with Gasteiger partial charge in [0.25, 0.3) is 5.56 Å². The average Bonchev–Trinajstić information content (AvgIpc) is 3.05. The number of ketones is 1. The number of nitrogens with zero attached hydrogens (tertiary/aromatic N) is 2. The van der Waals surface area contributed by atoms with Crippen molar-refractivity contribution >= 4 is 28.8 Å². The Bertz CT molecular complexity index is 1450. The summed E-state index contributed by atoms with van der Waals surface area (Å²) in [4.78, 5) is 26.6. The topological polar surface area (TPSA) is 72.1 Å². The van der Waals surface area contributed by atoms with Gasteiger partial charge in [-0.15, -0.1) is 11.3 Å². The number of benzene rings is 2. The molecule has 0 aliphatic heterocycles. The Balaban J connectivity index is 2.34. The third-order valence-corrected chi connectivity index (χ3v) is 6.15. The van der Waals surface area contributed by atoms with Crippen molar-refractivity contribution in [3.05, 3.63) is 78.7 Å². The minimum Gasteiger partial charge on any atom is -0.435 e. The molecule has 0 aliphatic carbocycles. The number of rotatable bonds is 5. The van der Waals surface area contributed by atoms with Gasteiger partial charge in [-0.3, -0.25) is 14.2 Å². The molecule has 0 radical (unpaired) electrons. The zero-order valence-corrected chi connectivity index (χ0v) is 20.3. The Hall–Kier alpha value is -3.57. The molecular weight excluding hydrogens is 458 g/mol. The van der Waals surface area contributed by atoms with Crippen LogP contribution in [0.1, 0.15) is 37.5 Å². The van der Waals surface area contributed by atoms with Gasteiger partial charge in [0.05, 0.1) is 10.2 Å². The van der Waals surface area contributed by atoms with Gasteiger partial charge < -0.3 is 4.74 Å². The Morgan fingerprint density at radius 3 is 2.32 bits per heavy atom. The van der Waals surface area contributed by atoms with Crippen LogP contribution >= 0.6 is 11.3 Å². The molecule has 0 bridgehead atoms. The number of carbonyl (C=O) groups excluding carboxylic acids is 1. The van der Waals surface area contributed by atoms with Gasteiger partial charge in [0, 0.05) is 5.41 Å². The number of nitriles is 1. The SMILES string of the molecule is Cc1ccc(-n2c(=O)/c(=C\c3ccc(OC(F)F)cc3)s/c2=C(\C#N)C(=O)C(C)(C)C)c(C)c1. The summed E-state index contributed by atoms with van der Waals surface area (Å²) < 4.78 is 31.2. The number of carbonyl (C=O) groups is 1. The predicted octanol–water partition coefficient (Wildman–Crippen LogP) is 4.24. The lowest BCUT2D eigenvalue weighted by molar-refractivity contribution is -0.120. The summed E-state index contributed by atoms with van der Waals surface area (Å²) in [7, 11) is 0. The minimum atomic E-state index is -2.93. The van der Waals surface area contributed by atoms with E-state index in [9.17, 15) is 23.6 Å². The van der Waals surface area contributed by atoms with E-state index in [-0.39, 0.29) is 27.3 Å². The van der Waals surface area contributed by atoms with Gasteiger partial charge in [-0.1, -0.05) is 50.6 Å². The molecule has 5 nitrogen and oxygen atoms in total. The van der Waals surface area contributed by atoms with Crippen LogP contribution in [0.4, 0.5) is 8.78 Å². The fourth-order valence-corrected chi connectivity index (χ4v) is 4.49. The maximum absolute atomic E-state index is 13.5. The van der Waals surface area contributed by atoms with Crippen LogP contribution in [-0.4, -0.2) is 17.0 Å². The summed E-state index contributed by atoms with van der Waals surface area (Å²) in [6.45, 7) is 6.02. The first kappa shape index (κ1) is 25.1. The monoisotopic (exact) mass is 482 g/mol. The first-order valence-corrected chi connectivity index (χ1v) is 11.3. The second-order valence-electron chi connectivity index (χ2n) is 8.86. The number of hydrogen-bond acceptors (Lipinski definition) is 5. The third-order valence-electron chi connectivity index (χ3n) is 5.05. The van der Waals surface area contributed by atoms with E-state index < -0.39 is 12.0 Å². The zero-order valence-electron chi connectivity index (χ0n) is 19.5. The number of Topliss-reactive ketones (excluding diaryl/α,β-unsaturated/α-hetero) is 1. The number of aromatic nitrogens is 1. The average molecular weight is 483 g/mol. The summed E-state index contributed by atoms with van der Waals surface area (Å²) in [5, 5.41) is 9.89. The van der Waals surface area contributed by atoms with E-state index >= 15 is 0 Å². The Kier molecular flexibility index (Phi) is 7.18. The molecule has 0 amide bonds. The van der Waals surface area contributed by atoms with Crippen molar-refractivity contribution in [3.8, 4) is 17.5 Å². The first-order valence-electron chi connectivity index (χ1n) is 10.5. The van der Waals surface area contributed by atoms with Crippen LogP contribution in [0.15, 0.2) is 47.3 Å². The van der Waals surface area contributed by atoms with Gasteiger partial charge in [-0.05, 0) is 49.2 Å². The zero-order chi connectivity index (χ0) is 25.2. The van der Waals surface area contributed by atoms with Crippen LogP contribution in [-0.2, 0) is 4.79 Å². The molecule has 0 saturated carbocycles. The number of hydrogen-bond donors (Lipinski definition) is 0. The van der Waals surface area contributed by atoms with E-state index in [4.69, 9.17) is 0 Å². The van der Waals surface area contributed by atoms with Crippen LogP contribution in [0, 0.1) is 30.6 Å². The molecule has 0 saturated heterocycles. The molecule has 0 N–H and O–H groups in total. The molecule has 34 heavy (non-hydrogen) atoms. The molecule has 1 heterocycles. The molecule has 1 aromatic heterocycles. The van der Waals surface area contributed by atoms with Crippen LogP contribution in [0.3, 0.4) is 0 Å². The predicted molar refractivity (Wildman–Crippen MR) is 129 cm³/mol. The number of ether oxygens (including phenoxy) is 1. The molecule has 0 aliphatic rings. The molecule has 3 rings (SSSR count). The van der Waals surface area contributed by atoms with Crippen molar-refractivity contribution in [2.24, 2.45) is 5.41 Å². The molecule has 8 heteroatoms. The highest BCUT2D eigenvalue weighted by atomic mass is 32.1. The maximum Gasteiger partial charge on any atom is 0.387 e. The standard InChI is InChI=1S/C26H24F2N2O3S/c1-15-6-11-20(16(2)12-15)30-23(32)21(13-17-7-9-18(10-8-17)33-25(27)28)34-24(30)19(14-29)22(31)26(3,4)5/h6-13,25H,1-5H3/b21-13+,24-19+. The van der Waals surface area contributed by atoms with Gasteiger partial charge in [-0.25, -0.2) is 0 Å². The smallest absolute Gasteiger partial charge is 0.387 e. The van der Waals surface area contributed by atoms with Gasteiger partial charge >= 0.3 is 6.61 Å². The van der Waals surface area contributed by atoms with Crippen LogP contribution in [0.2, 0.25) is 0 Å². The molecular formula is C26H24F2N2O3S. The first-order chi connectivity index (χ1) is 15.9. The number of alkyl halides is 2. The van der Waals surface area contributed by atoms with Crippen LogP contribution < -0.4 is 19.5 Å². The lowest BCUT2D eigenvalue weighted by Crippen LogP contribution is -2.33. The number of thiazole rings is 1. The van der Waals surface area contributed by atoms with Crippen LogP contribution in [0.5, 0.6) is 5.75 Å². The second-order valence-corrected chi connectivity index (χ2v) is 9.89. The molecule has 0 atom stereocenters. The number of halogens is 2. The molecule has 2 aromatic carbocycles. The van der Waals surface area contributed by atoms with Gasteiger partial charge in [0.2, 0.25) is 0 Å². The van der Waals surface area contributed by atoms with Gasteiger partial charge in [-0.2, -0.15) is 14.0 Å². The Labute approximate surface area is 199 Å². The molecule has 0 spiro atoms. The van der Waals surface area contributed by atoms with Crippen molar-refractivity contribution in [1.82, 2.24) is 4.57 Å². The maximum atomic E-state index is 13.5. The van der Waals surface area contributed by atoms with Crippen molar-refractivity contribution in [2.45, 2.75) is 41.2 Å². The van der Waals surface area contributed by atoms with E-state index in [0.717, 1.165) is 22.5 Å². The molecule has 176 valence electrons. The van der Waals surface area contributed by atoms with Crippen molar-refractivity contribution in [2.75, 3.05) is 0 Å². The summed E-state index contributed by atoms with van der Waals surface area (Å²) in [6, 6.07) is 13.4. The van der Waals surface area contributed by atoms with E-state index in [2.05, 4.69) is 4.74 Å². The van der Waals surface area contributed by atoms with Crippen LogP contribution in [0.25, 0.3) is 17.3 Å². The summed E-state index contributed by atoms with van der Waals surface area (Å²) in [5.41, 5.74) is 1.71. The van der Waals surface area contributed by atoms with Gasteiger partial charge in [0.1, 0.15) is 22.1 Å². The van der Waals surface area contributed by atoms with Crippen molar-refractivity contribution in [1.29, 1.82) is 5.26 Å². The fourth-order valence-electron chi connectivity index (χ4n) is 3.39. The van der Waals surface area contributed by atoms with Crippen molar-refractivity contribution in [3.63, 3.8) is 0 Å². The lowest BCUT2D eigenvalue weighted by atomic mass is 9.87. The highest BCUT2D eigenvalue weighted by Gasteiger charge is 2.27. The largest absolute Gasteiger partial charge is 0.435 e. The third kappa shape index (κ3) is 5.32. The second kappa shape index (κ2) is 9.74. The van der Waals surface area contributed by atoms with E-state index in [0.29, 0.717) is 15.8 Å². The molecule has 0 unspecified atom stereocenters. The van der Waals surface area contributed by atoms with E-state index in [1.165, 1.54) is 16.7 Å². The summed E-state index contributed by atoms with van der Waals surface area (Å²) in [5.74, 6) is -0.364. The molecule has 0 fully saturated rings. The lowest BCUT2D eigenvalue weighted by Gasteiger charge is -2.15. The normalized spacial score (nSPS) is 13.1. The summed E-state index contributed by atoms with van der Waals surface area (Å²) >= 11 is 1.04. The van der Waals surface area contributed by atoms with E-state index in [1.54, 1.807) is 45.0 Å². The molecule has 3 aromatic rings. The Morgan fingerprint density at radius 2 is 1.79 bits per heavy atom. The highest BCUT2D eigenvalue weighted by molar-refractivity contribution is 7.07. The fraction of sp³-hybridized carbons (Fsp3) is 0.269. The number of aryl methyl sites for hydroxylation is 2. The highest BCUT2D eigenvalue weighted by Crippen LogP contribution is 2.21.